The fraction of sp³-hybridized carbons (Fsp3) is 0.833. The maximum absolute atomic E-state index is 12.9. The number of nitrogens with one attached hydrogen (secondary N) is 1. The third-order valence-electron chi connectivity index (χ3n) is 9.90. The molecule has 8 N–H and O–H groups in total. The van der Waals surface area contributed by atoms with Gasteiger partial charge in [0, 0.05) is 0 Å². The predicted molar refractivity (Wildman–Crippen MR) is 210 cm³/mol. The van der Waals surface area contributed by atoms with Gasteiger partial charge in [-0.1, -0.05) is 127 Å². The zero-order chi connectivity index (χ0) is 39.1. The van der Waals surface area contributed by atoms with E-state index in [1.165, 1.54) is 64.2 Å². The van der Waals surface area contributed by atoms with Gasteiger partial charge in [0.25, 0.3) is 0 Å². The van der Waals surface area contributed by atoms with Gasteiger partial charge in [0.05, 0.1) is 25.4 Å². The summed E-state index contributed by atoms with van der Waals surface area (Å²) in [5.74, 6) is -0.719. The third kappa shape index (κ3) is 23.1. The molecule has 53 heavy (non-hydrogen) atoms. The number of rotatable bonds is 33. The first-order valence-corrected chi connectivity index (χ1v) is 20.9. The molecule has 1 aliphatic rings. The van der Waals surface area contributed by atoms with Gasteiger partial charge in [-0.05, 0) is 64.2 Å². The molecule has 0 saturated carbocycles. The van der Waals surface area contributed by atoms with Gasteiger partial charge in [-0.15, -0.1) is 0 Å². The molecule has 0 aromatic rings. The van der Waals surface area contributed by atoms with E-state index in [-0.39, 0.29) is 12.8 Å². The molecular formula is C42H77NO10. The molecule has 1 rings (SSSR count). The first kappa shape index (κ1) is 49.3. The maximum Gasteiger partial charge on any atom is 0.249 e. The number of carbonyl (C=O) groups is 1. The highest BCUT2D eigenvalue weighted by molar-refractivity contribution is 5.80. The summed E-state index contributed by atoms with van der Waals surface area (Å²) in [5, 5.41) is 75.2. The molecule has 0 aromatic carbocycles. The molecule has 0 bridgehead atoms. The fourth-order valence-electron chi connectivity index (χ4n) is 6.35. The van der Waals surface area contributed by atoms with Crippen molar-refractivity contribution in [2.24, 2.45) is 0 Å². The van der Waals surface area contributed by atoms with E-state index in [0.29, 0.717) is 19.3 Å². The van der Waals surface area contributed by atoms with Crippen molar-refractivity contribution in [3.8, 4) is 0 Å². The van der Waals surface area contributed by atoms with E-state index in [1.807, 2.05) is 0 Å². The van der Waals surface area contributed by atoms with E-state index in [4.69, 9.17) is 9.47 Å². The van der Waals surface area contributed by atoms with Crippen LogP contribution in [0.15, 0.2) is 36.5 Å². The molecule has 0 aliphatic carbocycles. The first-order chi connectivity index (χ1) is 25.7. The highest BCUT2D eigenvalue weighted by Crippen LogP contribution is 2.23. The number of aliphatic hydroxyl groups excluding tert-OH is 7. The lowest BCUT2D eigenvalue weighted by molar-refractivity contribution is -0.303. The number of hydrogen-bond acceptors (Lipinski definition) is 10. The normalized spacial score (nSPS) is 23.2. The number of aliphatic hydroxyl groups is 7. The summed E-state index contributed by atoms with van der Waals surface area (Å²) < 4.78 is 11.0. The fourth-order valence-corrected chi connectivity index (χ4v) is 6.35. The highest BCUT2D eigenvalue weighted by atomic mass is 16.7. The van der Waals surface area contributed by atoms with Crippen molar-refractivity contribution in [1.29, 1.82) is 0 Å². The lowest BCUT2D eigenvalue weighted by Crippen LogP contribution is -2.60. The van der Waals surface area contributed by atoms with Crippen LogP contribution in [0.4, 0.5) is 0 Å². The second-order valence-electron chi connectivity index (χ2n) is 14.7. The van der Waals surface area contributed by atoms with E-state index in [9.17, 15) is 40.5 Å². The Morgan fingerprint density at radius 3 is 1.68 bits per heavy atom. The monoisotopic (exact) mass is 756 g/mol. The third-order valence-corrected chi connectivity index (χ3v) is 9.90. The van der Waals surface area contributed by atoms with Crippen LogP contribution in [-0.2, 0) is 14.3 Å². The van der Waals surface area contributed by atoms with Gasteiger partial charge in [0.1, 0.15) is 36.6 Å². The molecule has 11 nitrogen and oxygen atoms in total. The Bertz CT molecular complexity index is 960. The minimum Gasteiger partial charge on any atom is -0.394 e. The quantitative estimate of drug-likeness (QED) is 0.0307. The van der Waals surface area contributed by atoms with Crippen molar-refractivity contribution >= 4 is 5.91 Å². The molecule has 0 aromatic heterocycles. The van der Waals surface area contributed by atoms with Crippen LogP contribution < -0.4 is 5.32 Å². The van der Waals surface area contributed by atoms with Crippen LogP contribution in [0.1, 0.15) is 155 Å². The van der Waals surface area contributed by atoms with E-state index < -0.39 is 74.2 Å². The summed E-state index contributed by atoms with van der Waals surface area (Å²) in [4.78, 5) is 12.9. The summed E-state index contributed by atoms with van der Waals surface area (Å²) in [7, 11) is 0. The summed E-state index contributed by atoms with van der Waals surface area (Å²) in [5.41, 5.74) is 0. The van der Waals surface area contributed by atoms with Crippen molar-refractivity contribution in [2.75, 3.05) is 13.2 Å². The molecule has 0 radical (unpaired) electrons. The van der Waals surface area contributed by atoms with Gasteiger partial charge in [-0.2, -0.15) is 0 Å². The standard InChI is InChI=1S/C42H77NO10/c1-3-5-7-9-11-13-14-15-16-17-18-19-20-21-22-24-25-27-29-34(45)37(47)33(32-52-42-40(50)39(49)38(48)36(31-44)53-42)43-41(51)35(46)30-28-26-23-12-10-8-6-4-2/h14-15,18-19,22,24,33-40,42,44-50H,3-13,16-17,20-21,23,25-32H2,1-2H3,(H,43,51)/b15-14+,19-18+,24-22+. The maximum atomic E-state index is 12.9. The molecule has 9 atom stereocenters. The average Bonchev–Trinajstić information content (AvgIpc) is 3.16. The topological polar surface area (TPSA) is 189 Å². The predicted octanol–water partition coefficient (Wildman–Crippen LogP) is 5.66. The Morgan fingerprint density at radius 1 is 0.642 bits per heavy atom. The molecule has 1 fully saturated rings. The Morgan fingerprint density at radius 2 is 1.13 bits per heavy atom. The number of unbranched alkanes of at least 4 members (excludes halogenated alkanes) is 15. The number of amides is 1. The summed E-state index contributed by atoms with van der Waals surface area (Å²) >= 11 is 0. The molecule has 1 aliphatic heterocycles. The van der Waals surface area contributed by atoms with E-state index in [1.54, 1.807) is 0 Å². The molecule has 1 amide bonds. The second-order valence-corrected chi connectivity index (χ2v) is 14.7. The number of hydrogen-bond donors (Lipinski definition) is 8. The van der Waals surface area contributed by atoms with Crippen molar-refractivity contribution in [3.05, 3.63) is 36.5 Å². The van der Waals surface area contributed by atoms with Crippen LogP contribution in [0, 0.1) is 0 Å². The van der Waals surface area contributed by atoms with Crippen LogP contribution in [0.3, 0.4) is 0 Å². The van der Waals surface area contributed by atoms with E-state index >= 15 is 0 Å². The number of allylic oxidation sites excluding steroid dienone is 6. The zero-order valence-electron chi connectivity index (χ0n) is 33.0. The Labute approximate surface area is 320 Å². The van der Waals surface area contributed by atoms with Crippen molar-refractivity contribution in [3.63, 3.8) is 0 Å². The molecule has 0 spiro atoms. The molecular weight excluding hydrogens is 678 g/mol. The molecule has 1 heterocycles. The lowest BCUT2D eigenvalue weighted by Gasteiger charge is -2.40. The van der Waals surface area contributed by atoms with Gasteiger partial charge in [0.2, 0.25) is 5.91 Å². The smallest absolute Gasteiger partial charge is 0.249 e. The Balaban J connectivity index is 2.53. The summed E-state index contributed by atoms with van der Waals surface area (Å²) in [6, 6.07) is -1.19. The summed E-state index contributed by atoms with van der Waals surface area (Å²) in [6.45, 7) is 3.33. The van der Waals surface area contributed by atoms with Crippen LogP contribution >= 0.6 is 0 Å². The molecule has 310 valence electrons. The van der Waals surface area contributed by atoms with Gasteiger partial charge in [-0.3, -0.25) is 4.79 Å². The van der Waals surface area contributed by atoms with Gasteiger partial charge in [0.15, 0.2) is 6.29 Å². The van der Waals surface area contributed by atoms with Crippen LogP contribution in [0.25, 0.3) is 0 Å². The van der Waals surface area contributed by atoms with E-state index in [0.717, 1.165) is 44.9 Å². The highest BCUT2D eigenvalue weighted by Gasteiger charge is 2.44. The second kappa shape index (κ2) is 32.6. The van der Waals surface area contributed by atoms with Gasteiger partial charge in [-0.25, -0.2) is 0 Å². The van der Waals surface area contributed by atoms with Crippen LogP contribution in [-0.4, -0.2) is 110 Å². The van der Waals surface area contributed by atoms with Crippen LogP contribution in [0.5, 0.6) is 0 Å². The summed E-state index contributed by atoms with van der Waals surface area (Å²) in [6.07, 6.45) is 23.6. The largest absolute Gasteiger partial charge is 0.394 e. The first-order valence-electron chi connectivity index (χ1n) is 20.9. The van der Waals surface area contributed by atoms with Crippen molar-refractivity contribution < 1.29 is 50.0 Å². The minimum atomic E-state index is -1.67. The van der Waals surface area contributed by atoms with Crippen molar-refractivity contribution in [2.45, 2.75) is 210 Å². The van der Waals surface area contributed by atoms with Crippen molar-refractivity contribution in [1.82, 2.24) is 5.32 Å². The molecule has 1 saturated heterocycles. The van der Waals surface area contributed by atoms with E-state index in [2.05, 4.69) is 55.6 Å². The Hall–Kier alpha value is -1.67. The lowest BCUT2D eigenvalue weighted by atomic mass is 9.98. The number of carbonyl (C=O) groups excluding carboxylic acids is 1. The molecule has 9 unspecified atom stereocenters. The average molecular weight is 756 g/mol. The Kier molecular flexibility index (Phi) is 30.3. The minimum absolute atomic E-state index is 0.241. The van der Waals surface area contributed by atoms with Gasteiger partial charge < -0.3 is 50.5 Å². The zero-order valence-corrected chi connectivity index (χ0v) is 33.0. The number of ether oxygens (including phenoxy) is 2. The van der Waals surface area contributed by atoms with Crippen LogP contribution in [0.2, 0.25) is 0 Å². The molecule has 11 heteroatoms. The SMILES string of the molecule is CCCCCCC/C=C/CC/C=C/CC/C=C/CCCC(O)C(O)C(COC1OC(CO)C(O)C(O)C1O)NC(=O)C(O)CCCCCCCCCC. The van der Waals surface area contributed by atoms with Gasteiger partial charge >= 0.3 is 0 Å².